The maximum atomic E-state index is 13.0. The predicted octanol–water partition coefficient (Wildman–Crippen LogP) is 3.30. The number of hydrogen-bond acceptors (Lipinski definition) is 5. The number of amides is 3. The second-order valence-corrected chi connectivity index (χ2v) is 10.9. The van der Waals surface area contributed by atoms with Crippen LogP contribution in [-0.2, 0) is 23.9 Å². The first-order chi connectivity index (χ1) is 14.6. The number of aryl methyl sites for hydroxylation is 1. The molecular formula is C21H21Br2ClN2O5. The summed E-state index contributed by atoms with van der Waals surface area (Å²) in [5, 5.41) is 3.10. The Bertz CT molecular complexity index is 941. The van der Waals surface area contributed by atoms with Crippen LogP contribution >= 0.6 is 43.5 Å². The quantitative estimate of drug-likeness (QED) is 0.330. The molecule has 166 valence electrons. The van der Waals surface area contributed by atoms with E-state index in [4.69, 9.17) is 16.3 Å². The number of anilines is 1. The Labute approximate surface area is 201 Å². The lowest BCUT2D eigenvalue weighted by atomic mass is 9.81. The van der Waals surface area contributed by atoms with E-state index in [1.807, 2.05) is 6.92 Å². The van der Waals surface area contributed by atoms with Crippen LogP contribution in [-0.4, -0.2) is 50.9 Å². The first kappa shape index (κ1) is 22.7. The zero-order chi connectivity index (χ0) is 22.6. The number of carbonyl (C=O) groups is 4. The summed E-state index contributed by atoms with van der Waals surface area (Å²) in [6, 6.07) is 3.97. The van der Waals surface area contributed by atoms with Gasteiger partial charge in [0.05, 0.1) is 11.8 Å². The van der Waals surface area contributed by atoms with Gasteiger partial charge in [0.1, 0.15) is 6.04 Å². The van der Waals surface area contributed by atoms with Crippen molar-refractivity contribution in [3.63, 3.8) is 0 Å². The molecule has 10 heteroatoms. The lowest BCUT2D eigenvalue weighted by Crippen LogP contribution is -2.45. The van der Waals surface area contributed by atoms with E-state index >= 15 is 0 Å². The summed E-state index contributed by atoms with van der Waals surface area (Å²) < 4.78 is 5.10. The number of fused-ring (bicyclic) bond motifs is 5. The largest absolute Gasteiger partial charge is 0.454 e. The Morgan fingerprint density at radius 3 is 2.35 bits per heavy atom. The molecule has 7 nitrogen and oxygen atoms in total. The van der Waals surface area contributed by atoms with Crippen LogP contribution in [0.3, 0.4) is 0 Å². The number of nitrogens with one attached hydrogen (secondary N) is 1. The van der Waals surface area contributed by atoms with Gasteiger partial charge in [-0.15, -0.1) is 0 Å². The van der Waals surface area contributed by atoms with Gasteiger partial charge in [-0.25, -0.2) is 4.79 Å². The summed E-state index contributed by atoms with van der Waals surface area (Å²) >= 11 is 13.2. The number of alkyl halides is 2. The summed E-state index contributed by atoms with van der Waals surface area (Å²) in [5.41, 5.74) is 1.32. The van der Waals surface area contributed by atoms with Gasteiger partial charge in [0.15, 0.2) is 6.61 Å². The molecule has 0 unspecified atom stereocenters. The van der Waals surface area contributed by atoms with Crippen molar-refractivity contribution in [2.75, 3.05) is 11.9 Å². The van der Waals surface area contributed by atoms with Crippen molar-refractivity contribution in [2.24, 2.45) is 23.7 Å². The molecule has 3 fully saturated rings. The third kappa shape index (κ3) is 3.82. The molecule has 4 rings (SSSR count). The van der Waals surface area contributed by atoms with Crippen LogP contribution in [0, 0.1) is 30.6 Å². The second-order valence-electron chi connectivity index (χ2n) is 8.34. The van der Waals surface area contributed by atoms with E-state index in [-0.39, 0.29) is 33.3 Å². The van der Waals surface area contributed by atoms with Crippen molar-refractivity contribution in [3.05, 3.63) is 28.8 Å². The van der Waals surface area contributed by atoms with Gasteiger partial charge in [-0.1, -0.05) is 49.5 Å². The Morgan fingerprint density at radius 1 is 1.19 bits per heavy atom. The van der Waals surface area contributed by atoms with Crippen molar-refractivity contribution in [1.29, 1.82) is 0 Å². The van der Waals surface area contributed by atoms with Crippen LogP contribution in [0.25, 0.3) is 0 Å². The summed E-state index contributed by atoms with van der Waals surface area (Å²) in [5.74, 6) is -2.65. The molecule has 2 bridgehead atoms. The Kier molecular flexibility index (Phi) is 6.22. The minimum absolute atomic E-state index is 0.0655. The van der Waals surface area contributed by atoms with Crippen molar-refractivity contribution in [3.8, 4) is 0 Å². The highest BCUT2D eigenvalue weighted by Gasteiger charge is 2.67. The maximum Gasteiger partial charge on any atom is 0.329 e. The second kappa shape index (κ2) is 8.48. The highest BCUT2D eigenvalue weighted by atomic mass is 79.9. The molecule has 0 spiro atoms. The van der Waals surface area contributed by atoms with Crippen molar-refractivity contribution in [2.45, 2.75) is 36.0 Å². The monoisotopic (exact) mass is 574 g/mol. The number of imide groups is 1. The maximum absolute atomic E-state index is 13.0. The minimum Gasteiger partial charge on any atom is -0.454 e. The SMILES string of the molecule is Cc1ccc(Cl)cc1NC(=O)COC(=O)[C@H](C)N1C(=O)[C@@H]2[C@H]3C[C@@H]([C@H](Br)[C@H]3Br)[C@H]2C1=O. The molecule has 1 saturated heterocycles. The van der Waals surface area contributed by atoms with Crippen LogP contribution < -0.4 is 5.32 Å². The third-order valence-electron chi connectivity index (χ3n) is 6.57. The van der Waals surface area contributed by atoms with Gasteiger partial charge < -0.3 is 10.1 Å². The molecule has 0 aromatic heterocycles. The number of ether oxygens (including phenoxy) is 1. The Morgan fingerprint density at radius 2 is 1.77 bits per heavy atom. The number of likely N-dealkylation sites (tertiary alicyclic amines) is 1. The molecule has 2 saturated carbocycles. The molecule has 7 atom stereocenters. The highest BCUT2D eigenvalue weighted by molar-refractivity contribution is 9.12. The zero-order valence-electron chi connectivity index (χ0n) is 16.8. The zero-order valence-corrected chi connectivity index (χ0v) is 20.7. The standard InChI is InChI=1S/C21H21Br2ClN2O5/c1-8-3-4-10(24)5-13(8)25-14(27)7-31-21(30)9(2)26-19(28)15-11-6-12(16(15)20(26)29)18(23)17(11)22/h3-5,9,11-12,15-18H,6-7H2,1-2H3,(H,25,27)/t9-,11+,12+,15+,16+,17-,18-/m0/s1. The molecule has 31 heavy (non-hydrogen) atoms. The Balaban J connectivity index is 1.37. The van der Waals surface area contributed by atoms with Crippen molar-refractivity contribution < 1.29 is 23.9 Å². The average Bonchev–Trinajstić information content (AvgIpc) is 3.33. The first-order valence-electron chi connectivity index (χ1n) is 9.99. The third-order valence-corrected chi connectivity index (χ3v) is 10.0. The molecule has 1 aliphatic heterocycles. The average molecular weight is 577 g/mol. The molecular weight excluding hydrogens is 556 g/mol. The van der Waals surface area contributed by atoms with Crippen LogP contribution in [0.5, 0.6) is 0 Å². The molecule has 2 aliphatic carbocycles. The normalized spacial score (nSPS) is 32.2. The van der Waals surface area contributed by atoms with Gasteiger partial charge in [-0.2, -0.15) is 0 Å². The Hall–Kier alpha value is -1.45. The summed E-state index contributed by atoms with van der Waals surface area (Å²) in [4.78, 5) is 52.0. The van der Waals surface area contributed by atoms with E-state index < -0.39 is 36.4 Å². The summed E-state index contributed by atoms with van der Waals surface area (Å²) in [6.45, 7) is 2.73. The lowest BCUT2D eigenvalue weighted by molar-refractivity contribution is -0.159. The predicted molar refractivity (Wildman–Crippen MR) is 121 cm³/mol. The fourth-order valence-electron chi connectivity index (χ4n) is 5.03. The number of halogens is 3. The van der Waals surface area contributed by atoms with Gasteiger partial charge in [0.25, 0.3) is 5.91 Å². The minimum atomic E-state index is -1.09. The molecule has 1 aromatic rings. The first-order valence-corrected chi connectivity index (χ1v) is 12.2. The smallest absolute Gasteiger partial charge is 0.329 e. The topological polar surface area (TPSA) is 92.8 Å². The van der Waals surface area contributed by atoms with E-state index in [0.29, 0.717) is 10.7 Å². The number of nitrogens with zero attached hydrogens (tertiary/aromatic N) is 1. The van der Waals surface area contributed by atoms with Crippen LogP contribution in [0.15, 0.2) is 18.2 Å². The fraction of sp³-hybridized carbons (Fsp3) is 0.524. The molecule has 1 aromatic carbocycles. The van der Waals surface area contributed by atoms with Gasteiger partial charge >= 0.3 is 5.97 Å². The number of benzene rings is 1. The molecule has 3 amide bonds. The van der Waals surface area contributed by atoms with Gasteiger partial charge in [-0.3, -0.25) is 19.3 Å². The molecule has 0 radical (unpaired) electrons. The lowest BCUT2D eigenvalue weighted by Gasteiger charge is -2.28. The molecule has 1 heterocycles. The molecule has 1 N–H and O–H groups in total. The summed E-state index contributed by atoms with van der Waals surface area (Å²) in [6.07, 6.45) is 0.814. The van der Waals surface area contributed by atoms with Crippen LogP contribution in [0.4, 0.5) is 5.69 Å². The van der Waals surface area contributed by atoms with E-state index in [1.54, 1.807) is 18.2 Å². The summed E-state index contributed by atoms with van der Waals surface area (Å²) in [7, 11) is 0. The molecule has 3 aliphatic rings. The number of rotatable bonds is 5. The van der Waals surface area contributed by atoms with E-state index in [0.717, 1.165) is 16.9 Å². The number of carbonyl (C=O) groups excluding carboxylic acids is 4. The van der Waals surface area contributed by atoms with Gasteiger partial charge in [0.2, 0.25) is 11.8 Å². The van der Waals surface area contributed by atoms with E-state index in [9.17, 15) is 19.2 Å². The van der Waals surface area contributed by atoms with Crippen molar-refractivity contribution in [1.82, 2.24) is 4.90 Å². The van der Waals surface area contributed by atoms with Crippen LogP contribution in [0.2, 0.25) is 5.02 Å². The number of hydrogen-bond donors (Lipinski definition) is 1. The van der Waals surface area contributed by atoms with Gasteiger partial charge in [0, 0.05) is 20.4 Å². The van der Waals surface area contributed by atoms with Crippen LogP contribution in [0.1, 0.15) is 18.9 Å². The van der Waals surface area contributed by atoms with Crippen molar-refractivity contribution >= 4 is 72.8 Å². The highest BCUT2D eigenvalue weighted by Crippen LogP contribution is 2.60. The fourth-order valence-corrected chi connectivity index (χ4v) is 7.08. The number of esters is 1. The van der Waals surface area contributed by atoms with Gasteiger partial charge in [-0.05, 0) is 49.8 Å². The van der Waals surface area contributed by atoms with E-state index in [1.165, 1.54) is 6.92 Å². The van der Waals surface area contributed by atoms with E-state index in [2.05, 4.69) is 37.2 Å².